The average molecular weight is 343 g/mol. The molecule has 1 N–H and O–H groups in total. The molecule has 1 aliphatic heterocycles. The lowest BCUT2D eigenvalue weighted by Crippen LogP contribution is -2.48. The number of rotatable bonds is 4. The molecule has 0 bridgehead atoms. The van der Waals surface area contributed by atoms with Crippen molar-refractivity contribution in [3.05, 3.63) is 40.9 Å². The van der Waals surface area contributed by atoms with Crippen LogP contribution in [0.25, 0.3) is 6.08 Å². The summed E-state index contributed by atoms with van der Waals surface area (Å²) >= 11 is 6.04. The van der Waals surface area contributed by atoms with Crippen LogP contribution < -0.4 is 4.72 Å². The second-order valence-electron chi connectivity index (χ2n) is 5.37. The maximum Gasteiger partial charge on any atom is 0.246 e. The van der Waals surface area contributed by atoms with Gasteiger partial charge < -0.3 is 4.90 Å². The van der Waals surface area contributed by atoms with Crippen molar-refractivity contribution >= 4 is 33.6 Å². The first-order chi connectivity index (χ1) is 10.3. The Balaban J connectivity index is 1.99. The number of benzene rings is 1. The van der Waals surface area contributed by atoms with Crippen LogP contribution in [-0.2, 0) is 14.8 Å². The summed E-state index contributed by atoms with van der Waals surface area (Å²) in [6.07, 6.45) is 5.80. The number of likely N-dealkylation sites (tertiary alicyclic amines) is 1. The van der Waals surface area contributed by atoms with Gasteiger partial charge in [0.2, 0.25) is 15.9 Å². The Morgan fingerprint density at radius 1 is 1.41 bits per heavy atom. The summed E-state index contributed by atoms with van der Waals surface area (Å²) in [6, 6.07) is 7.05. The van der Waals surface area contributed by atoms with Gasteiger partial charge in [-0.2, -0.15) is 0 Å². The fourth-order valence-electron chi connectivity index (χ4n) is 2.45. The summed E-state index contributed by atoms with van der Waals surface area (Å²) in [5, 5.41) is 0.585. The first-order valence-corrected chi connectivity index (χ1v) is 9.31. The summed E-state index contributed by atoms with van der Waals surface area (Å²) in [6.45, 7) is 1.02. The van der Waals surface area contributed by atoms with Gasteiger partial charge in [0.1, 0.15) is 0 Å². The molecule has 0 radical (unpaired) electrons. The predicted molar refractivity (Wildman–Crippen MR) is 88.1 cm³/mol. The van der Waals surface area contributed by atoms with Crippen LogP contribution in [-0.4, -0.2) is 44.6 Å². The molecule has 0 saturated carbocycles. The molecule has 1 atom stereocenters. The van der Waals surface area contributed by atoms with Crippen LogP contribution in [0.5, 0.6) is 0 Å². The molecule has 0 spiro atoms. The third-order valence-electron chi connectivity index (χ3n) is 3.42. The van der Waals surface area contributed by atoms with Crippen molar-refractivity contribution in [3.63, 3.8) is 0 Å². The van der Waals surface area contributed by atoms with E-state index in [1.54, 1.807) is 17.0 Å². The van der Waals surface area contributed by atoms with Gasteiger partial charge >= 0.3 is 0 Å². The van der Waals surface area contributed by atoms with Gasteiger partial charge in [0.05, 0.1) is 6.26 Å². The maximum absolute atomic E-state index is 12.2. The highest BCUT2D eigenvalue weighted by Crippen LogP contribution is 2.17. The highest BCUT2D eigenvalue weighted by atomic mass is 35.5. The normalized spacial score (nSPS) is 19.5. The molecule has 1 aromatic rings. The van der Waals surface area contributed by atoms with Crippen molar-refractivity contribution in [1.29, 1.82) is 0 Å². The third-order valence-corrected chi connectivity index (χ3v) is 4.53. The average Bonchev–Trinajstić information content (AvgIpc) is 2.44. The van der Waals surface area contributed by atoms with Crippen LogP contribution >= 0.6 is 11.6 Å². The van der Waals surface area contributed by atoms with Gasteiger partial charge in [-0.3, -0.25) is 4.79 Å². The van der Waals surface area contributed by atoms with E-state index in [4.69, 9.17) is 11.6 Å². The van der Waals surface area contributed by atoms with Gasteiger partial charge in [0.15, 0.2) is 0 Å². The fraction of sp³-hybridized carbons (Fsp3) is 0.400. The number of carbonyl (C=O) groups is 1. The number of sulfonamides is 1. The van der Waals surface area contributed by atoms with Gasteiger partial charge in [0.25, 0.3) is 0 Å². The van der Waals surface area contributed by atoms with Crippen molar-refractivity contribution in [1.82, 2.24) is 9.62 Å². The molecule has 1 heterocycles. The van der Waals surface area contributed by atoms with Crippen LogP contribution in [0.15, 0.2) is 30.3 Å². The van der Waals surface area contributed by atoms with E-state index in [1.165, 1.54) is 6.08 Å². The van der Waals surface area contributed by atoms with E-state index in [9.17, 15) is 13.2 Å². The summed E-state index contributed by atoms with van der Waals surface area (Å²) in [5.41, 5.74) is 0.778. The lowest BCUT2D eigenvalue weighted by Gasteiger charge is -2.32. The zero-order valence-corrected chi connectivity index (χ0v) is 13.9. The van der Waals surface area contributed by atoms with Gasteiger partial charge in [-0.25, -0.2) is 13.1 Å². The third kappa shape index (κ3) is 5.12. The summed E-state index contributed by atoms with van der Waals surface area (Å²) in [7, 11) is -3.26. The summed E-state index contributed by atoms with van der Waals surface area (Å²) in [5.74, 6) is -0.139. The molecule has 1 fully saturated rings. The van der Waals surface area contributed by atoms with Crippen LogP contribution in [0.3, 0.4) is 0 Å². The number of carbonyl (C=O) groups excluding carboxylic acids is 1. The highest BCUT2D eigenvalue weighted by molar-refractivity contribution is 7.88. The fourth-order valence-corrected chi connectivity index (χ4v) is 3.45. The van der Waals surface area contributed by atoms with Crippen LogP contribution in [0, 0.1) is 0 Å². The van der Waals surface area contributed by atoms with Crippen LogP contribution in [0.2, 0.25) is 5.02 Å². The molecule has 0 unspecified atom stereocenters. The number of halogens is 1. The maximum atomic E-state index is 12.2. The van der Waals surface area contributed by atoms with Gasteiger partial charge in [-0.1, -0.05) is 29.8 Å². The van der Waals surface area contributed by atoms with Gasteiger partial charge in [-0.15, -0.1) is 0 Å². The van der Waals surface area contributed by atoms with Crippen molar-refractivity contribution in [2.75, 3.05) is 19.3 Å². The van der Waals surface area contributed by atoms with Gasteiger partial charge in [-0.05, 0) is 30.5 Å². The lowest BCUT2D eigenvalue weighted by molar-refractivity contribution is -0.127. The largest absolute Gasteiger partial charge is 0.338 e. The first-order valence-electron chi connectivity index (χ1n) is 7.04. The van der Waals surface area contributed by atoms with Crippen LogP contribution in [0.4, 0.5) is 0 Å². The Kier molecular flexibility index (Phi) is 5.61. The van der Waals surface area contributed by atoms with E-state index in [-0.39, 0.29) is 11.9 Å². The SMILES string of the molecule is CS(=O)(=O)N[C@H]1CCCN(C(=O)/C=C\c2ccccc2Cl)C1. The summed E-state index contributed by atoms with van der Waals surface area (Å²) < 4.78 is 25.1. The standard InChI is InChI=1S/C15H19ClN2O3S/c1-22(20,21)17-13-6-4-10-18(11-13)15(19)9-8-12-5-2-3-7-14(12)16/h2-3,5,7-9,13,17H,4,6,10-11H2,1H3/b9-8-/t13-/m0/s1. The minimum Gasteiger partial charge on any atom is -0.338 e. The van der Waals surface area contributed by atoms with Gasteiger partial charge in [0, 0.05) is 30.2 Å². The molecule has 1 amide bonds. The Labute approximate surface area is 136 Å². The Morgan fingerprint density at radius 3 is 2.82 bits per heavy atom. The Hall–Kier alpha value is -1.37. The monoisotopic (exact) mass is 342 g/mol. The lowest BCUT2D eigenvalue weighted by atomic mass is 10.1. The molecule has 5 nitrogen and oxygen atoms in total. The molecular formula is C15H19ClN2O3S. The summed E-state index contributed by atoms with van der Waals surface area (Å²) in [4.78, 5) is 13.9. The van der Waals surface area contributed by atoms with E-state index in [2.05, 4.69) is 4.72 Å². The second kappa shape index (κ2) is 7.26. The molecule has 1 aromatic carbocycles. The molecule has 0 aliphatic carbocycles. The number of nitrogens with one attached hydrogen (secondary N) is 1. The van der Waals surface area contributed by atoms with E-state index in [1.807, 2.05) is 18.2 Å². The van der Waals surface area contributed by atoms with Crippen molar-refractivity contribution in [2.24, 2.45) is 0 Å². The van der Waals surface area contributed by atoms with E-state index < -0.39 is 10.0 Å². The topological polar surface area (TPSA) is 66.5 Å². The molecule has 7 heteroatoms. The van der Waals surface area contributed by atoms with E-state index in [0.717, 1.165) is 24.7 Å². The zero-order valence-electron chi connectivity index (χ0n) is 12.3. The molecule has 2 rings (SSSR count). The zero-order chi connectivity index (χ0) is 16.2. The van der Waals surface area contributed by atoms with E-state index in [0.29, 0.717) is 18.1 Å². The molecule has 1 aliphatic rings. The first kappa shape index (κ1) is 17.0. The minimum atomic E-state index is -3.26. The predicted octanol–water partition coefficient (Wildman–Crippen LogP) is 1.89. The van der Waals surface area contributed by atoms with E-state index >= 15 is 0 Å². The van der Waals surface area contributed by atoms with Crippen molar-refractivity contribution in [2.45, 2.75) is 18.9 Å². The Morgan fingerprint density at radius 2 is 2.14 bits per heavy atom. The molecule has 22 heavy (non-hydrogen) atoms. The number of amides is 1. The smallest absolute Gasteiger partial charge is 0.246 e. The number of nitrogens with zero attached hydrogens (tertiary/aromatic N) is 1. The molecule has 0 aromatic heterocycles. The number of piperidine rings is 1. The second-order valence-corrected chi connectivity index (χ2v) is 7.56. The van der Waals surface area contributed by atoms with Crippen molar-refractivity contribution < 1.29 is 13.2 Å². The van der Waals surface area contributed by atoms with Crippen LogP contribution in [0.1, 0.15) is 18.4 Å². The Bertz CT molecular complexity index is 673. The molecular weight excluding hydrogens is 324 g/mol. The highest BCUT2D eigenvalue weighted by Gasteiger charge is 2.24. The molecule has 120 valence electrons. The number of hydrogen-bond acceptors (Lipinski definition) is 3. The molecule has 1 saturated heterocycles. The number of hydrogen-bond donors (Lipinski definition) is 1. The minimum absolute atomic E-state index is 0.139. The quantitative estimate of drug-likeness (QED) is 0.850. The van der Waals surface area contributed by atoms with Crippen molar-refractivity contribution in [3.8, 4) is 0 Å².